The zero-order valence-electron chi connectivity index (χ0n) is 12.9. The van der Waals surface area contributed by atoms with Crippen LogP contribution in [0.1, 0.15) is 0 Å². The predicted molar refractivity (Wildman–Crippen MR) is 83.6 cm³/mol. The molecule has 0 aliphatic heterocycles. The third kappa shape index (κ3) is 3.36. The van der Waals surface area contributed by atoms with E-state index in [1.807, 2.05) is 12.1 Å². The molecule has 3 aromatic carbocycles. The predicted octanol–water partition coefficient (Wildman–Crippen LogP) is -0.764. The van der Waals surface area contributed by atoms with Crippen molar-refractivity contribution in [3.8, 4) is 0 Å². The molecule has 0 aliphatic carbocycles. The largest absolute Gasteiger partial charge is 1.00 e. The minimum Gasteiger partial charge on any atom is -0.744 e. The normalized spacial score (nSPS) is 12.2. The van der Waals surface area contributed by atoms with E-state index in [9.17, 15) is 21.4 Å². The van der Waals surface area contributed by atoms with Gasteiger partial charge in [0.05, 0.1) is 12.0 Å². The molecule has 0 heterocycles. The van der Waals surface area contributed by atoms with Crippen molar-refractivity contribution in [2.45, 2.75) is 9.79 Å². The molecule has 0 saturated carbocycles. The van der Waals surface area contributed by atoms with Gasteiger partial charge in [-0.25, -0.2) is 8.42 Å². The first-order valence-electron chi connectivity index (χ1n) is 6.46. The molecule has 24 heavy (non-hydrogen) atoms. The fourth-order valence-corrected chi connectivity index (χ4v) is 4.62. The summed E-state index contributed by atoms with van der Waals surface area (Å²) in [5.41, 5.74) is 0. The van der Waals surface area contributed by atoms with Gasteiger partial charge in [0, 0.05) is 5.39 Å². The molecule has 0 amide bonds. The van der Waals surface area contributed by atoms with Crippen LogP contribution in [0.3, 0.4) is 0 Å². The molecule has 3 rings (SSSR count). The molecule has 0 spiro atoms. The summed E-state index contributed by atoms with van der Waals surface area (Å²) in [5.74, 6) is 0. The summed E-state index contributed by atoms with van der Waals surface area (Å²) in [5, 5.41) is 2.20. The van der Waals surface area contributed by atoms with E-state index < -0.39 is 30.0 Å². The minimum atomic E-state index is -4.98. The Bertz CT molecular complexity index is 1140. The molecule has 0 fully saturated rings. The Morgan fingerprint density at radius 3 is 2.00 bits per heavy atom. The average molecular weight is 374 g/mol. The van der Waals surface area contributed by atoms with Crippen molar-refractivity contribution in [2.75, 3.05) is 7.11 Å². The Hall–Kier alpha value is -1.000. The van der Waals surface area contributed by atoms with E-state index >= 15 is 0 Å². The molecular formula is C15H11NaO6S2. The first kappa shape index (κ1) is 19.3. The smallest absolute Gasteiger partial charge is 0.744 e. The van der Waals surface area contributed by atoms with Crippen LogP contribution in [0.2, 0.25) is 0 Å². The molecular weight excluding hydrogens is 363 g/mol. The van der Waals surface area contributed by atoms with E-state index in [4.69, 9.17) is 0 Å². The van der Waals surface area contributed by atoms with Crippen LogP contribution in [0.15, 0.2) is 58.3 Å². The van der Waals surface area contributed by atoms with Crippen LogP contribution in [-0.4, -0.2) is 28.5 Å². The summed E-state index contributed by atoms with van der Waals surface area (Å²) >= 11 is 0. The van der Waals surface area contributed by atoms with E-state index in [0.29, 0.717) is 10.8 Å². The summed E-state index contributed by atoms with van der Waals surface area (Å²) in [4.78, 5) is -1.44. The second-order valence-electron chi connectivity index (χ2n) is 4.89. The van der Waals surface area contributed by atoms with Crippen LogP contribution in [0.4, 0.5) is 0 Å². The molecule has 0 unspecified atom stereocenters. The maximum absolute atomic E-state index is 12.2. The van der Waals surface area contributed by atoms with Gasteiger partial charge in [-0.05, 0) is 34.4 Å². The van der Waals surface area contributed by atoms with Crippen LogP contribution in [0.5, 0.6) is 0 Å². The van der Waals surface area contributed by atoms with Gasteiger partial charge < -0.3 is 4.55 Å². The molecule has 0 saturated heterocycles. The molecule has 0 aromatic heterocycles. The maximum Gasteiger partial charge on any atom is 1.00 e. The fraction of sp³-hybridized carbons (Fsp3) is 0.0667. The van der Waals surface area contributed by atoms with Gasteiger partial charge in [0.15, 0.2) is 0 Å². The van der Waals surface area contributed by atoms with E-state index in [0.717, 1.165) is 18.6 Å². The molecule has 0 aliphatic rings. The summed E-state index contributed by atoms with van der Waals surface area (Å²) in [6.45, 7) is 0. The van der Waals surface area contributed by atoms with Crippen molar-refractivity contribution in [1.82, 2.24) is 0 Å². The Morgan fingerprint density at radius 1 is 0.875 bits per heavy atom. The number of hydrogen-bond acceptors (Lipinski definition) is 6. The molecule has 0 atom stereocenters. The molecule has 0 N–H and O–H groups in total. The molecule has 120 valence electrons. The van der Waals surface area contributed by atoms with Crippen LogP contribution in [-0.2, 0) is 24.4 Å². The number of benzene rings is 3. The molecule has 0 radical (unpaired) electrons. The van der Waals surface area contributed by atoms with Gasteiger partial charge in [-0.2, -0.15) is 8.42 Å². The van der Waals surface area contributed by atoms with Crippen molar-refractivity contribution in [1.29, 1.82) is 0 Å². The van der Waals surface area contributed by atoms with Crippen LogP contribution >= 0.6 is 0 Å². The van der Waals surface area contributed by atoms with Crippen molar-refractivity contribution in [2.24, 2.45) is 0 Å². The Morgan fingerprint density at radius 2 is 1.46 bits per heavy atom. The minimum absolute atomic E-state index is 0. The number of rotatable bonds is 3. The van der Waals surface area contributed by atoms with Crippen LogP contribution in [0, 0.1) is 0 Å². The Balaban J connectivity index is 0.00000208. The van der Waals surface area contributed by atoms with Crippen molar-refractivity contribution < 1.29 is 55.1 Å². The van der Waals surface area contributed by atoms with Gasteiger partial charge in [0.2, 0.25) is 0 Å². The fourth-order valence-electron chi connectivity index (χ4n) is 2.50. The van der Waals surface area contributed by atoms with E-state index in [2.05, 4.69) is 4.18 Å². The van der Waals surface area contributed by atoms with Crippen molar-refractivity contribution in [3.63, 3.8) is 0 Å². The number of hydrogen-bond donors (Lipinski definition) is 0. The summed E-state index contributed by atoms with van der Waals surface area (Å²) in [7, 11) is -8.45. The van der Waals surface area contributed by atoms with E-state index in [1.165, 1.54) is 12.1 Å². The Kier molecular flexibility index (Phi) is 5.41. The third-order valence-corrected chi connectivity index (χ3v) is 5.93. The SMILES string of the molecule is COS(=O)(=O)c1c(S(=O)(=O)[O-])ccc2cc3ccccc3cc12.[Na+]. The summed E-state index contributed by atoms with van der Waals surface area (Å²) in [6.07, 6.45) is 0. The van der Waals surface area contributed by atoms with Crippen LogP contribution < -0.4 is 29.6 Å². The molecule has 3 aromatic rings. The van der Waals surface area contributed by atoms with E-state index in [-0.39, 0.29) is 34.9 Å². The zero-order chi connectivity index (χ0) is 16.8. The van der Waals surface area contributed by atoms with Gasteiger partial charge in [-0.15, -0.1) is 0 Å². The van der Waals surface area contributed by atoms with Crippen molar-refractivity contribution >= 4 is 41.8 Å². The first-order chi connectivity index (χ1) is 10.7. The van der Waals surface area contributed by atoms with Gasteiger partial charge in [-0.1, -0.05) is 30.3 Å². The van der Waals surface area contributed by atoms with Gasteiger partial charge in [0.25, 0.3) is 10.1 Å². The van der Waals surface area contributed by atoms with E-state index in [1.54, 1.807) is 18.2 Å². The molecule has 0 bridgehead atoms. The monoisotopic (exact) mass is 374 g/mol. The first-order valence-corrected chi connectivity index (χ1v) is 9.28. The Labute approximate surface area is 161 Å². The summed E-state index contributed by atoms with van der Waals surface area (Å²) in [6, 6.07) is 12.9. The standard InChI is InChI=1S/C15H12O6S2.Na/c1-21-23(19,20)15-13-9-11-5-3-2-4-10(11)8-12(13)6-7-14(15)22(16,17)18;/h2-9H,1H3,(H,16,17,18);/q;+1/p-1. The zero-order valence-corrected chi connectivity index (χ0v) is 16.5. The average Bonchev–Trinajstić information content (AvgIpc) is 2.50. The quantitative estimate of drug-likeness (QED) is 0.258. The van der Waals surface area contributed by atoms with Crippen LogP contribution in [0.25, 0.3) is 21.5 Å². The molecule has 9 heteroatoms. The molecule has 6 nitrogen and oxygen atoms in total. The maximum atomic E-state index is 12.2. The van der Waals surface area contributed by atoms with Crippen molar-refractivity contribution in [3.05, 3.63) is 48.5 Å². The number of fused-ring (bicyclic) bond motifs is 2. The van der Waals surface area contributed by atoms with Gasteiger partial charge in [0.1, 0.15) is 15.0 Å². The second kappa shape index (κ2) is 6.72. The topological polar surface area (TPSA) is 101 Å². The second-order valence-corrected chi connectivity index (χ2v) is 7.89. The third-order valence-electron chi connectivity index (χ3n) is 3.54. The van der Waals surface area contributed by atoms with Gasteiger partial charge in [-0.3, -0.25) is 4.18 Å². The van der Waals surface area contributed by atoms with Gasteiger partial charge >= 0.3 is 29.6 Å². The summed E-state index contributed by atoms with van der Waals surface area (Å²) < 4.78 is 63.2.